The van der Waals surface area contributed by atoms with E-state index in [1.165, 1.54) is 0 Å². The number of hydrogen-bond donors (Lipinski definition) is 1. The van der Waals surface area contributed by atoms with Gasteiger partial charge in [0.15, 0.2) is 5.78 Å². The zero-order chi connectivity index (χ0) is 27.8. The molecule has 41 heavy (non-hydrogen) atoms. The highest BCUT2D eigenvalue weighted by Gasteiger charge is 2.65. The van der Waals surface area contributed by atoms with Crippen molar-refractivity contribution in [3.05, 3.63) is 173 Å². The van der Waals surface area contributed by atoms with E-state index in [-0.39, 0.29) is 17.7 Å². The summed E-state index contributed by atoms with van der Waals surface area (Å²) in [5.41, 5.74) is 4.34. The molecule has 0 aromatic heterocycles. The van der Waals surface area contributed by atoms with Gasteiger partial charge >= 0.3 is 0 Å². The molecule has 5 aromatic carbocycles. The summed E-state index contributed by atoms with van der Waals surface area (Å²) in [5.74, 6) is -0.947. The second kappa shape index (κ2) is 10.3. The molecule has 4 nitrogen and oxygen atoms in total. The highest BCUT2D eigenvalue weighted by atomic mass is 16.2. The molecular formula is C37H30N2O2. The first-order valence-electron chi connectivity index (χ1n) is 14.1. The van der Waals surface area contributed by atoms with Crippen molar-refractivity contribution in [2.45, 2.75) is 24.0 Å². The van der Waals surface area contributed by atoms with E-state index in [1.807, 2.05) is 120 Å². The van der Waals surface area contributed by atoms with Gasteiger partial charge in [-0.3, -0.25) is 14.9 Å². The SMILES string of the molecule is O=C(c1ccccc1)[C@@H]1[C@H](c2ccccc2)N[C@@]2(C(=O)N(Cc3ccccc3)c3ccccc32)[C@H]1c1ccccc1. The van der Waals surface area contributed by atoms with Gasteiger partial charge in [0, 0.05) is 28.8 Å². The van der Waals surface area contributed by atoms with Crippen molar-refractivity contribution < 1.29 is 9.59 Å². The lowest BCUT2D eigenvalue weighted by molar-refractivity contribution is -0.124. The fourth-order valence-electron chi connectivity index (χ4n) is 6.90. The summed E-state index contributed by atoms with van der Waals surface area (Å²) in [5, 5.41) is 3.84. The van der Waals surface area contributed by atoms with E-state index in [2.05, 4.69) is 35.6 Å². The summed E-state index contributed by atoms with van der Waals surface area (Å²) < 4.78 is 0. The van der Waals surface area contributed by atoms with Gasteiger partial charge in [-0.25, -0.2) is 0 Å². The average molecular weight is 535 g/mol. The summed E-state index contributed by atoms with van der Waals surface area (Å²) in [6, 6.07) is 47.4. The average Bonchev–Trinajstić information content (AvgIpc) is 3.52. The third-order valence-electron chi connectivity index (χ3n) is 8.63. The number of carbonyl (C=O) groups excluding carboxylic acids is 2. The quantitative estimate of drug-likeness (QED) is 0.237. The molecule has 0 unspecified atom stereocenters. The smallest absolute Gasteiger partial charge is 0.252 e. The number of hydrogen-bond acceptors (Lipinski definition) is 3. The molecule has 7 rings (SSSR count). The van der Waals surface area contributed by atoms with Crippen LogP contribution in [0.4, 0.5) is 5.69 Å². The van der Waals surface area contributed by atoms with Crippen LogP contribution in [0.15, 0.2) is 146 Å². The minimum atomic E-state index is -1.12. The molecule has 1 amide bonds. The van der Waals surface area contributed by atoms with Gasteiger partial charge in [-0.2, -0.15) is 0 Å². The Balaban J connectivity index is 1.46. The van der Waals surface area contributed by atoms with E-state index in [9.17, 15) is 4.79 Å². The van der Waals surface area contributed by atoms with Gasteiger partial charge in [-0.15, -0.1) is 0 Å². The van der Waals surface area contributed by atoms with Crippen LogP contribution in [0.25, 0.3) is 0 Å². The number of anilines is 1. The number of Topliss-reactive ketones (excluding diaryl/α,β-unsaturated/α-hetero) is 1. The molecule has 2 heterocycles. The Morgan fingerprint density at radius 1 is 0.659 bits per heavy atom. The molecule has 1 N–H and O–H groups in total. The van der Waals surface area contributed by atoms with Gasteiger partial charge in [0.1, 0.15) is 5.54 Å². The van der Waals surface area contributed by atoms with Crippen LogP contribution in [0.3, 0.4) is 0 Å². The van der Waals surface area contributed by atoms with Crippen molar-refractivity contribution in [1.82, 2.24) is 5.32 Å². The molecule has 2 aliphatic rings. The molecule has 200 valence electrons. The molecular weight excluding hydrogens is 504 g/mol. The van der Waals surface area contributed by atoms with Crippen molar-refractivity contribution in [1.29, 1.82) is 0 Å². The van der Waals surface area contributed by atoms with Gasteiger partial charge < -0.3 is 4.90 Å². The minimum Gasteiger partial charge on any atom is -0.306 e. The number of para-hydroxylation sites is 1. The van der Waals surface area contributed by atoms with Crippen LogP contribution in [0.5, 0.6) is 0 Å². The molecule has 4 heteroatoms. The van der Waals surface area contributed by atoms with Gasteiger partial charge in [0.2, 0.25) is 0 Å². The third kappa shape index (κ3) is 4.11. The fourth-order valence-corrected chi connectivity index (χ4v) is 6.90. The van der Waals surface area contributed by atoms with E-state index in [1.54, 1.807) is 0 Å². The predicted molar refractivity (Wildman–Crippen MR) is 162 cm³/mol. The van der Waals surface area contributed by atoms with Crippen molar-refractivity contribution in [2.24, 2.45) is 5.92 Å². The number of amides is 1. The molecule has 0 aliphatic carbocycles. The second-order valence-electron chi connectivity index (χ2n) is 10.9. The second-order valence-corrected chi connectivity index (χ2v) is 10.9. The number of fused-ring (bicyclic) bond motifs is 2. The molecule has 1 saturated heterocycles. The van der Waals surface area contributed by atoms with Crippen molar-refractivity contribution >= 4 is 17.4 Å². The Morgan fingerprint density at radius 3 is 1.85 bits per heavy atom. The van der Waals surface area contributed by atoms with Gasteiger partial charge in [-0.1, -0.05) is 140 Å². The normalized spacial score (nSPS) is 23.1. The molecule has 1 fully saturated rings. The van der Waals surface area contributed by atoms with E-state index >= 15 is 4.79 Å². The molecule has 5 aromatic rings. The summed E-state index contributed by atoms with van der Waals surface area (Å²) in [4.78, 5) is 31.5. The van der Waals surface area contributed by atoms with Crippen molar-refractivity contribution in [3.63, 3.8) is 0 Å². The minimum absolute atomic E-state index is 0.0271. The molecule has 4 atom stereocenters. The number of nitrogens with zero attached hydrogens (tertiary/aromatic N) is 1. The first kappa shape index (κ1) is 25.2. The van der Waals surface area contributed by atoms with Crippen LogP contribution in [0, 0.1) is 5.92 Å². The highest BCUT2D eigenvalue weighted by Crippen LogP contribution is 2.59. The van der Waals surface area contributed by atoms with Crippen LogP contribution in [-0.2, 0) is 16.9 Å². The van der Waals surface area contributed by atoms with Crippen molar-refractivity contribution in [3.8, 4) is 0 Å². The Hall–Kier alpha value is -4.80. The lowest BCUT2D eigenvalue weighted by atomic mass is 9.69. The van der Waals surface area contributed by atoms with E-state index in [4.69, 9.17) is 0 Å². The summed E-state index contributed by atoms with van der Waals surface area (Å²) in [6.45, 7) is 0.453. The van der Waals surface area contributed by atoms with Gasteiger partial charge in [0.25, 0.3) is 5.91 Å². The molecule has 0 radical (unpaired) electrons. The Bertz CT molecular complexity index is 1690. The zero-order valence-corrected chi connectivity index (χ0v) is 22.6. The summed E-state index contributed by atoms with van der Waals surface area (Å²) >= 11 is 0. The topological polar surface area (TPSA) is 49.4 Å². The third-order valence-corrected chi connectivity index (χ3v) is 8.63. The molecule has 0 bridgehead atoms. The van der Waals surface area contributed by atoms with E-state index < -0.39 is 17.4 Å². The van der Waals surface area contributed by atoms with Crippen LogP contribution >= 0.6 is 0 Å². The van der Waals surface area contributed by atoms with Crippen LogP contribution in [0.1, 0.15) is 44.6 Å². The van der Waals surface area contributed by atoms with E-state index in [0.717, 1.165) is 27.9 Å². The maximum atomic E-state index is 15.0. The highest BCUT2D eigenvalue weighted by molar-refractivity contribution is 6.10. The number of nitrogens with one attached hydrogen (secondary N) is 1. The predicted octanol–water partition coefficient (Wildman–Crippen LogP) is 7.06. The maximum Gasteiger partial charge on any atom is 0.252 e. The number of benzene rings is 5. The Labute approximate surface area is 240 Å². The summed E-state index contributed by atoms with van der Waals surface area (Å²) in [7, 11) is 0. The lowest BCUT2D eigenvalue weighted by Gasteiger charge is -2.33. The molecule has 2 aliphatic heterocycles. The first-order valence-corrected chi connectivity index (χ1v) is 14.1. The largest absolute Gasteiger partial charge is 0.306 e. The van der Waals surface area contributed by atoms with Gasteiger partial charge in [0.05, 0.1) is 12.5 Å². The maximum absolute atomic E-state index is 15.0. The Morgan fingerprint density at radius 2 is 1.20 bits per heavy atom. The van der Waals surface area contributed by atoms with E-state index in [0.29, 0.717) is 12.1 Å². The standard InChI is InChI=1S/C37H30N2O2/c40-35(29-21-11-4-12-22-29)32-33(27-17-7-2-8-18-27)37(38-34(32)28-19-9-3-10-20-28)30-23-13-14-24-31(30)39(36(37)41)25-26-15-5-1-6-16-26/h1-24,32-34,38H,25H2/t32-,33-,34-,37+/m0/s1. The van der Waals surface area contributed by atoms with Crippen LogP contribution in [0.2, 0.25) is 0 Å². The fraction of sp³-hybridized carbons (Fsp3) is 0.135. The van der Waals surface area contributed by atoms with Crippen molar-refractivity contribution in [2.75, 3.05) is 4.90 Å². The lowest BCUT2D eigenvalue weighted by Crippen LogP contribution is -2.50. The zero-order valence-electron chi connectivity index (χ0n) is 22.6. The van der Waals surface area contributed by atoms with Crippen LogP contribution < -0.4 is 10.2 Å². The summed E-state index contributed by atoms with van der Waals surface area (Å²) in [6.07, 6.45) is 0. The number of carbonyl (C=O) groups is 2. The van der Waals surface area contributed by atoms with Gasteiger partial charge in [-0.05, 0) is 22.8 Å². The first-order chi connectivity index (χ1) is 20.2. The number of rotatable bonds is 6. The Kier molecular flexibility index (Phi) is 6.33. The molecule has 0 saturated carbocycles. The monoisotopic (exact) mass is 534 g/mol. The number of ketones is 1. The molecule has 1 spiro atoms. The van der Waals surface area contributed by atoms with Crippen LogP contribution in [-0.4, -0.2) is 11.7 Å².